The van der Waals surface area contributed by atoms with Crippen molar-refractivity contribution in [2.75, 3.05) is 0 Å². The highest BCUT2D eigenvalue weighted by Gasteiger charge is 2.16. The molecule has 0 saturated carbocycles. The van der Waals surface area contributed by atoms with Gasteiger partial charge in [0.25, 0.3) is 0 Å². The topological polar surface area (TPSA) is 41.6 Å². The van der Waals surface area contributed by atoms with E-state index in [1.54, 1.807) is 0 Å². The third-order valence-electron chi connectivity index (χ3n) is 2.91. The molecular weight excluding hydrogens is 224 g/mol. The van der Waals surface area contributed by atoms with E-state index in [9.17, 15) is 8.78 Å². The van der Waals surface area contributed by atoms with Gasteiger partial charge < -0.3 is 0 Å². The van der Waals surface area contributed by atoms with Crippen molar-refractivity contribution in [3.63, 3.8) is 0 Å². The molecule has 0 aliphatic heterocycles. The van der Waals surface area contributed by atoms with E-state index in [4.69, 9.17) is 0 Å². The minimum Gasteiger partial charge on any atom is -0.259 e. The lowest BCUT2D eigenvalue weighted by molar-refractivity contribution is 0.505. The smallest absolute Gasteiger partial charge is 0.159 e. The van der Waals surface area contributed by atoms with Gasteiger partial charge in [-0.3, -0.25) is 5.10 Å². The highest BCUT2D eigenvalue weighted by molar-refractivity contribution is 5.61. The Hall–Kier alpha value is -1.78. The Labute approximate surface area is 97.9 Å². The number of halogens is 2. The van der Waals surface area contributed by atoms with E-state index in [1.165, 1.54) is 12.4 Å². The van der Waals surface area contributed by atoms with Gasteiger partial charge >= 0.3 is 0 Å². The fraction of sp³-hybridized carbons (Fsp3) is 0.333. The predicted molar refractivity (Wildman–Crippen MR) is 60.4 cm³/mol. The van der Waals surface area contributed by atoms with Crippen LogP contribution >= 0.6 is 0 Å². The maximum atomic E-state index is 13.3. The van der Waals surface area contributed by atoms with Gasteiger partial charge in [-0.1, -0.05) is 13.8 Å². The maximum absolute atomic E-state index is 13.3. The number of aromatic amines is 1. The lowest BCUT2D eigenvalue weighted by Gasteiger charge is -2.13. The van der Waals surface area contributed by atoms with E-state index >= 15 is 0 Å². The van der Waals surface area contributed by atoms with E-state index in [0.717, 1.165) is 18.1 Å². The molecule has 0 aliphatic rings. The summed E-state index contributed by atoms with van der Waals surface area (Å²) in [6.07, 6.45) is 2.18. The van der Waals surface area contributed by atoms with Gasteiger partial charge in [-0.15, -0.1) is 0 Å². The van der Waals surface area contributed by atoms with Crippen LogP contribution in [0.15, 0.2) is 18.5 Å². The Morgan fingerprint density at radius 1 is 1.29 bits per heavy atom. The van der Waals surface area contributed by atoms with E-state index < -0.39 is 11.6 Å². The molecule has 1 aromatic heterocycles. The second-order valence-electron chi connectivity index (χ2n) is 4.00. The van der Waals surface area contributed by atoms with Crippen molar-refractivity contribution in [2.45, 2.75) is 26.2 Å². The molecule has 2 rings (SSSR count). The number of benzene rings is 1. The molecule has 2 aromatic rings. The average molecular weight is 237 g/mol. The van der Waals surface area contributed by atoms with Gasteiger partial charge in [-0.25, -0.2) is 13.8 Å². The minimum absolute atomic E-state index is 0.130. The molecule has 0 aliphatic carbocycles. The summed E-state index contributed by atoms with van der Waals surface area (Å²) in [7, 11) is 0. The Balaban J connectivity index is 2.60. The summed E-state index contributed by atoms with van der Waals surface area (Å²) in [4.78, 5) is 3.98. The molecule has 90 valence electrons. The molecule has 5 heteroatoms. The van der Waals surface area contributed by atoms with Crippen LogP contribution < -0.4 is 0 Å². The summed E-state index contributed by atoms with van der Waals surface area (Å²) in [5.74, 6) is -1.11. The molecule has 0 bridgehead atoms. The van der Waals surface area contributed by atoms with Crippen molar-refractivity contribution in [1.82, 2.24) is 15.2 Å². The van der Waals surface area contributed by atoms with Crippen molar-refractivity contribution in [3.05, 3.63) is 35.7 Å². The monoisotopic (exact) mass is 237 g/mol. The third kappa shape index (κ3) is 2.18. The van der Waals surface area contributed by atoms with Crippen molar-refractivity contribution in [1.29, 1.82) is 0 Å². The zero-order chi connectivity index (χ0) is 12.4. The lowest BCUT2D eigenvalue weighted by Crippen LogP contribution is -2.00. The van der Waals surface area contributed by atoms with E-state index in [-0.39, 0.29) is 5.92 Å². The Kier molecular flexibility index (Phi) is 3.17. The van der Waals surface area contributed by atoms with Crippen LogP contribution in [0.3, 0.4) is 0 Å². The standard InChI is InChI=1S/C12H13F2N3/c1-3-7(2)8-4-10(13)11(14)5-9(8)12-15-6-16-17-12/h4-7H,3H2,1-2H3,(H,15,16,17). The normalized spacial score (nSPS) is 12.7. The van der Waals surface area contributed by atoms with Crippen molar-refractivity contribution < 1.29 is 8.78 Å². The lowest BCUT2D eigenvalue weighted by atomic mass is 9.93. The maximum Gasteiger partial charge on any atom is 0.159 e. The van der Waals surface area contributed by atoms with Crippen molar-refractivity contribution in [3.8, 4) is 11.4 Å². The van der Waals surface area contributed by atoms with Gasteiger partial charge in [0.2, 0.25) is 0 Å². The van der Waals surface area contributed by atoms with Crippen LogP contribution in [0.1, 0.15) is 31.7 Å². The first-order valence-electron chi connectivity index (χ1n) is 5.48. The molecule has 1 unspecified atom stereocenters. The van der Waals surface area contributed by atoms with Gasteiger partial charge in [0.05, 0.1) is 0 Å². The first kappa shape index (κ1) is 11.7. The number of nitrogens with zero attached hydrogens (tertiary/aromatic N) is 2. The van der Waals surface area contributed by atoms with Crippen LogP contribution in [0.4, 0.5) is 8.78 Å². The molecule has 0 radical (unpaired) electrons. The molecule has 1 heterocycles. The molecule has 0 fully saturated rings. The summed E-state index contributed by atoms with van der Waals surface area (Å²) in [5, 5.41) is 6.39. The molecule has 17 heavy (non-hydrogen) atoms. The summed E-state index contributed by atoms with van der Waals surface area (Å²) >= 11 is 0. The van der Waals surface area contributed by atoms with Crippen LogP contribution in [-0.2, 0) is 0 Å². The van der Waals surface area contributed by atoms with Gasteiger partial charge in [0, 0.05) is 5.56 Å². The van der Waals surface area contributed by atoms with Gasteiger partial charge in [0.15, 0.2) is 17.5 Å². The van der Waals surface area contributed by atoms with Crippen LogP contribution in [0.2, 0.25) is 0 Å². The predicted octanol–water partition coefficient (Wildman–Crippen LogP) is 3.26. The second kappa shape index (κ2) is 4.61. The number of H-pyrrole nitrogens is 1. The molecule has 3 nitrogen and oxygen atoms in total. The first-order valence-corrected chi connectivity index (χ1v) is 5.48. The molecule has 1 atom stereocenters. The molecule has 1 N–H and O–H groups in total. The van der Waals surface area contributed by atoms with Crippen LogP contribution in [-0.4, -0.2) is 15.2 Å². The van der Waals surface area contributed by atoms with Gasteiger partial charge in [-0.05, 0) is 30.0 Å². The van der Waals surface area contributed by atoms with Crippen LogP contribution in [0.5, 0.6) is 0 Å². The number of hydrogen-bond donors (Lipinski definition) is 1. The average Bonchev–Trinajstić information content (AvgIpc) is 2.84. The van der Waals surface area contributed by atoms with Gasteiger partial charge in [0.1, 0.15) is 6.33 Å². The zero-order valence-corrected chi connectivity index (χ0v) is 9.67. The third-order valence-corrected chi connectivity index (χ3v) is 2.91. The van der Waals surface area contributed by atoms with Crippen LogP contribution in [0, 0.1) is 11.6 Å². The molecular formula is C12H13F2N3. The zero-order valence-electron chi connectivity index (χ0n) is 9.67. The quantitative estimate of drug-likeness (QED) is 0.890. The number of nitrogens with one attached hydrogen (secondary N) is 1. The Morgan fingerprint density at radius 2 is 2.00 bits per heavy atom. The summed E-state index contributed by atoms with van der Waals surface area (Å²) in [5.41, 5.74) is 1.30. The number of hydrogen-bond acceptors (Lipinski definition) is 2. The Morgan fingerprint density at radius 3 is 2.59 bits per heavy atom. The van der Waals surface area contributed by atoms with Crippen molar-refractivity contribution in [2.24, 2.45) is 0 Å². The molecule has 0 saturated heterocycles. The summed E-state index contributed by atoms with van der Waals surface area (Å²) in [6.45, 7) is 3.96. The van der Waals surface area contributed by atoms with Gasteiger partial charge in [-0.2, -0.15) is 5.10 Å². The van der Waals surface area contributed by atoms with E-state index in [0.29, 0.717) is 11.4 Å². The Bertz CT molecular complexity index is 509. The fourth-order valence-electron chi connectivity index (χ4n) is 1.73. The van der Waals surface area contributed by atoms with Crippen molar-refractivity contribution >= 4 is 0 Å². The second-order valence-corrected chi connectivity index (χ2v) is 4.00. The van der Waals surface area contributed by atoms with Crippen LogP contribution in [0.25, 0.3) is 11.4 Å². The molecule has 0 amide bonds. The first-order chi connectivity index (χ1) is 8.13. The molecule has 1 aromatic carbocycles. The minimum atomic E-state index is -0.872. The fourth-order valence-corrected chi connectivity index (χ4v) is 1.73. The summed E-state index contributed by atoms with van der Waals surface area (Å²) < 4.78 is 26.6. The summed E-state index contributed by atoms with van der Waals surface area (Å²) in [6, 6.07) is 2.40. The van der Waals surface area contributed by atoms with E-state index in [2.05, 4.69) is 15.2 Å². The highest BCUT2D eigenvalue weighted by Crippen LogP contribution is 2.30. The number of rotatable bonds is 3. The highest BCUT2D eigenvalue weighted by atomic mass is 19.2. The molecule has 0 spiro atoms. The SMILES string of the molecule is CCC(C)c1cc(F)c(F)cc1-c1ncn[nH]1. The largest absolute Gasteiger partial charge is 0.259 e. The van der Waals surface area contributed by atoms with E-state index in [1.807, 2.05) is 13.8 Å². The number of aromatic nitrogens is 3.